The largest absolute Gasteiger partial charge is 0.481 e. The van der Waals surface area contributed by atoms with Gasteiger partial charge in [0.2, 0.25) is 16.9 Å². The molecule has 0 spiro atoms. The number of amides is 2. The fourth-order valence-corrected chi connectivity index (χ4v) is 8.86. The highest BCUT2D eigenvalue weighted by Crippen LogP contribution is 2.61. The van der Waals surface area contributed by atoms with Gasteiger partial charge in [0.15, 0.2) is 17.7 Å². The Hall–Kier alpha value is -3.29. The van der Waals surface area contributed by atoms with E-state index in [1.807, 2.05) is 19.9 Å². The summed E-state index contributed by atoms with van der Waals surface area (Å²) in [7, 11) is -16.4. The number of anilines is 1. The number of nitrogen functional groups attached to an aromatic ring is 1. The SMILES string of the molecule is CC(C)=CCC/C(=C\C(=O)SCCNC(=O)CCNC(=O)C(O)C(C)(C)COP(=O)(O)OP(=O)(O)OCC1OC(n2cnc3c(N)ncnc32)C(O)C1OP(=O)(O)O)CC=O. The second kappa shape index (κ2) is 22.9. The third kappa shape index (κ3) is 17.1. The minimum atomic E-state index is -5.59. The second-order valence-corrected chi connectivity index (χ2v) is 19.6. The highest BCUT2D eigenvalue weighted by Gasteiger charge is 2.50. The minimum absolute atomic E-state index is 0.0238. The van der Waals surface area contributed by atoms with E-state index in [0.717, 1.165) is 40.8 Å². The van der Waals surface area contributed by atoms with Gasteiger partial charge in [-0.3, -0.25) is 32.5 Å². The number of thioether (sulfide) groups is 1. The highest BCUT2D eigenvalue weighted by atomic mass is 32.2. The Balaban J connectivity index is 1.45. The molecular weight excluding hydrogens is 895 g/mol. The Morgan fingerprint density at radius 3 is 2.39 bits per heavy atom. The number of nitrogens with one attached hydrogen (secondary N) is 2. The van der Waals surface area contributed by atoms with Crippen molar-refractivity contribution in [2.75, 3.05) is 37.8 Å². The molecule has 29 heteroatoms. The van der Waals surface area contributed by atoms with Crippen molar-refractivity contribution >= 4 is 75.4 Å². The number of nitrogens with zero attached hydrogens (tertiary/aromatic N) is 4. The van der Waals surface area contributed by atoms with Crippen molar-refractivity contribution in [3.63, 3.8) is 0 Å². The van der Waals surface area contributed by atoms with E-state index in [1.165, 1.54) is 19.9 Å². The van der Waals surface area contributed by atoms with E-state index in [0.29, 0.717) is 18.4 Å². The first-order valence-corrected chi connectivity index (χ1v) is 23.7. The average Bonchev–Trinajstić information content (AvgIpc) is 3.71. The number of carbonyl (C=O) groups is 4. The molecule has 1 saturated heterocycles. The van der Waals surface area contributed by atoms with Crippen LogP contribution in [0.5, 0.6) is 0 Å². The molecule has 3 heterocycles. The van der Waals surface area contributed by atoms with E-state index in [4.69, 9.17) is 19.5 Å². The number of allylic oxidation sites excluding steroid dienone is 3. The smallest absolute Gasteiger partial charge is 0.386 e. The summed E-state index contributed by atoms with van der Waals surface area (Å²) < 4.78 is 62.2. The number of hydrogen-bond donors (Lipinski definition) is 9. The summed E-state index contributed by atoms with van der Waals surface area (Å²) in [4.78, 5) is 99.1. The molecule has 0 saturated carbocycles. The molecule has 2 aromatic heterocycles. The zero-order valence-corrected chi connectivity index (χ0v) is 36.8. The monoisotopic (exact) mass is 945 g/mol. The van der Waals surface area contributed by atoms with Crippen LogP contribution in [0.2, 0.25) is 0 Å². The predicted molar refractivity (Wildman–Crippen MR) is 215 cm³/mol. The molecule has 1 aliphatic rings. The van der Waals surface area contributed by atoms with Crippen molar-refractivity contribution in [2.45, 2.75) is 84.0 Å². The lowest BCUT2D eigenvalue weighted by Gasteiger charge is -2.30. The standard InChI is InChI=1S/C32H50N7O18P3S/c1-19(2)6-5-7-20(9-12-40)14-23(42)61-13-11-34-22(41)8-10-35-30(45)27(44)32(3,4)16-54-60(51,52)57-59(49,50)53-15-21-26(56-58(46,47)48)25(43)31(55-21)39-18-38-24-28(33)36-17-37-29(24)39/h6,12,14,17-18,21,25-27,31,43-44H,5,7-11,13,15-16H2,1-4H3,(H,34,41)(H,35,45)(H,49,50)(H,51,52)(H2,33,36,37)(H2,46,47,48)/b20-14+. The maximum atomic E-state index is 12.7. The molecule has 0 aromatic carbocycles. The first kappa shape index (κ1) is 52.1. The number of phosphoric acid groups is 3. The molecule has 1 aliphatic heterocycles. The molecule has 25 nitrogen and oxygen atoms in total. The zero-order chi connectivity index (χ0) is 45.8. The zero-order valence-electron chi connectivity index (χ0n) is 33.3. The normalized spacial score (nSPS) is 21.0. The van der Waals surface area contributed by atoms with Crippen LogP contribution in [-0.2, 0) is 55.5 Å². The predicted octanol–water partition coefficient (Wildman–Crippen LogP) is 0.927. The number of carbonyl (C=O) groups excluding carboxylic acids is 4. The Morgan fingerprint density at radius 2 is 1.74 bits per heavy atom. The molecule has 0 aliphatic carbocycles. The van der Waals surface area contributed by atoms with Crippen LogP contribution in [0.3, 0.4) is 0 Å². The van der Waals surface area contributed by atoms with Crippen molar-refractivity contribution in [3.05, 3.63) is 36.0 Å². The lowest BCUT2D eigenvalue weighted by Crippen LogP contribution is -2.46. The summed E-state index contributed by atoms with van der Waals surface area (Å²) in [5, 5.41) is 26.1. The van der Waals surface area contributed by atoms with Gasteiger partial charge in [-0.2, -0.15) is 4.31 Å². The first-order chi connectivity index (χ1) is 28.3. The Bertz CT molecular complexity index is 2080. The van der Waals surface area contributed by atoms with Gasteiger partial charge in [-0.15, -0.1) is 0 Å². The summed E-state index contributed by atoms with van der Waals surface area (Å²) >= 11 is 0.956. The fraction of sp³-hybridized carbons (Fsp3) is 0.594. The van der Waals surface area contributed by atoms with Gasteiger partial charge in [-0.25, -0.2) is 28.6 Å². The van der Waals surface area contributed by atoms with Crippen LogP contribution in [0, 0.1) is 5.41 Å². The van der Waals surface area contributed by atoms with E-state index >= 15 is 0 Å². The van der Waals surface area contributed by atoms with Crippen LogP contribution in [0.25, 0.3) is 11.2 Å². The number of aldehydes is 1. The molecule has 0 bridgehead atoms. The number of fused-ring (bicyclic) bond motifs is 1. The lowest BCUT2D eigenvalue weighted by atomic mass is 9.87. The van der Waals surface area contributed by atoms with E-state index in [9.17, 15) is 62.7 Å². The Labute approximate surface area is 353 Å². The highest BCUT2D eigenvalue weighted by molar-refractivity contribution is 8.14. The molecule has 7 unspecified atom stereocenters. The van der Waals surface area contributed by atoms with Crippen molar-refractivity contribution in [1.82, 2.24) is 30.2 Å². The van der Waals surface area contributed by atoms with Gasteiger partial charge in [0.25, 0.3) is 0 Å². The number of aliphatic hydroxyl groups excluding tert-OH is 2. The van der Waals surface area contributed by atoms with Gasteiger partial charge in [0.05, 0.1) is 19.5 Å². The van der Waals surface area contributed by atoms with Crippen LogP contribution >= 0.6 is 35.2 Å². The fourth-order valence-electron chi connectivity index (χ4n) is 5.38. The van der Waals surface area contributed by atoms with E-state index < -0.39 is 84.6 Å². The average molecular weight is 946 g/mol. The van der Waals surface area contributed by atoms with E-state index in [1.54, 1.807) is 0 Å². The number of nitrogens with two attached hydrogens (primary N) is 1. The number of rotatable bonds is 25. The number of aliphatic hydroxyl groups is 2. The molecule has 7 atom stereocenters. The number of hydrogen-bond acceptors (Lipinski definition) is 19. The Kier molecular flexibility index (Phi) is 19.5. The maximum Gasteiger partial charge on any atom is 0.481 e. The molecule has 0 radical (unpaired) electrons. The topological polar surface area (TPSA) is 381 Å². The van der Waals surface area contributed by atoms with E-state index in [-0.39, 0.29) is 53.8 Å². The van der Waals surface area contributed by atoms with Crippen LogP contribution < -0.4 is 16.4 Å². The molecule has 2 aromatic rings. The molecule has 61 heavy (non-hydrogen) atoms. The van der Waals surface area contributed by atoms with Crippen LogP contribution in [0.1, 0.15) is 59.6 Å². The number of phosphoric ester groups is 3. The van der Waals surface area contributed by atoms with Gasteiger partial charge in [-0.05, 0) is 32.8 Å². The quantitative estimate of drug-likeness (QED) is 0.0220. The summed E-state index contributed by atoms with van der Waals surface area (Å²) in [5.41, 5.74) is 6.05. The summed E-state index contributed by atoms with van der Waals surface area (Å²) in [6.07, 6.45) is -1.48. The van der Waals surface area contributed by atoms with Crippen molar-refractivity contribution < 1.29 is 85.3 Å². The van der Waals surface area contributed by atoms with Gasteiger partial charge in [0, 0.05) is 37.1 Å². The molecule has 342 valence electrons. The van der Waals surface area contributed by atoms with Gasteiger partial charge in [0.1, 0.15) is 42.5 Å². The summed E-state index contributed by atoms with van der Waals surface area (Å²) in [6.45, 7) is 4.22. The molecule has 3 rings (SSSR count). The number of aromatic nitrogens is 4. The Morgan fingerprint density at radius 1 is 1.05 bits per heavy atom. The van der Waals surface area contributed by atoms with Crippen molar-refractivity contribution in [2.24, 2.45) is 5.41 Å². The first-order valence-electron chi connectivity index (χ1n) is 18.2. The van der Waals surface area contributed by atoms with Crippen LogP contribution in [-0.4, -0.2) is 129 Å². The lowest BCUT2D eigenvalue weighted by molar-refractivity contribution is -0.137. The minimum Gasteiger partial charge on any atom is -0.386 e. The number of ether oxygens (including phenoxy) is 1. The molecule has 2 amide bonds. The van der Waals surface area contributed by atoms with Crippen molar-refractivity contribution in [1.29, 1.82) is 0 Å². The molecule has 1 fully saturated rings. The third-order valence-electron chi connectivity index (χ3n) is 8.43. The summed E-state index contributed by atoms with van der Waals surface area (Å²) in [6, 6.07) is 0. The van der Waals surface area contributed by atoms with Crippen LogP contribution in [0.4, 0.5) is 5.82 Å². The molecule has 10 N–H and O–H groups in total. The summed E-state index contributed by atoms with van der Waals surface area (Å²) in [5.74, 6) is -1.29. The van der Waals surface area contributed by atoms with Gasteiger partial charge in [-0.1, -0.05) is 42.8 Å². The second-order valence-electron chi connectivity index (χ2n) is 14.2. The van der Waals surface area contributed by atoms with Gasteiger partial charge < -0.3 is 55.7 Å². The third-order valence-corrected chi connectivity index (χ3v) is 12.3. The van der Waals surface area contributed by atoms with Gasteiger partial charge >= 0.3 is 23.5 Å². The van der Waals surface area contributed by atoms with Crippen molar-refractivity contribution in [3.8, 4) is 0 Å². The van der Waals surface area contributed by atoms with Crippen LogP contribution in [0.15, 0.2) is 36.0 Å². The maximum absolute atomic E-state index is 12.7. The number of imidazole rings is 1. The molecular formula is C32H50N7O18P3S. The van der Waals surface area contributed by atoms with E-state index in [2.05, 4.69) is 34.4 Å².